The van der Waals surface area contributed by atoms with Crippen molar-refractivity contribution in [2.24, 2.45) is 0 Å². The lowest BCUT2D eigenvalue weighted by molar-refractivity contribution is -0.147. The number of halogens is 1. The van der Waals surface area contributed by atoms with E-state index < -0.39 is 0 Å². The Balaban J connectivity index is 1.55. The summed E-state index contributed by atoms with van der Waals surface area (Å²) in [5, 5.41) is 2.49. The van der Waals surface area contributed by atoms with Crippen LogP contribution < -0.4 is 4.74 Å². The zero-order valence-corrected chi connectivity index (χ0v) is 15.0. The first-order valence-electron chi connectivity index (χ1n) is 8.30. The maximum absolute atomic E-state index is 11.8. The number of unbranched alkanes of at least 4 members (excludes halogenated alkanes) is 3. The molecule has 2 heterocycles. The predicted molar refractivity (Wildman–Crippen MR) is 96.6 cm³/mol. The molecular weight excluding hydrogens is 330 g/mol. The summed E-state index contributed by atoms with van der Waals surface area (Å²) in [7, 11) is 0. The standard InChI is InChI=1S/C18H22ClNO2S/c1-2-3-4-7-10-20-13(11-16(20)21)12-22-18-17(19)14-8-5-6-9-15(14)23-18/h5-6,8-9,13H,2-4,7,10-12H2,1H3/t13-/m1/s1. The Morgan fingerprint density at radius 1 is 1.30 bits per heavy atom. The van der Waals surface area contributed by atoms with Crippen LogP contribution in [0.15, 0.2) is 24.3 Å². The molecule has 0 radical (unpaired) electrons. The summed E-state index contributed by atoms with van der Waals surface area (Å²) in [6.07, 6.45) is 5.32. The SMILES string of the molecule is CCCCCCN1C(=O)C[C@@H]1COc1sc2ccccc2c1Cl. The van der Waals surface area contributed by atoms with E-state index in [0.717, 1.165) is 28.1 Å². The zero-order valence-electron chi connectivity index (χ0n) is 13.4. The number of carbonyl (C=O) groups is 1. The number of hydrogen-bond donors (Lipinski definition) is 0. The van der Waals surface area contributed by atoms with Gasteiger partial charge in [-0.05, 0) is 12.5 Å². The van der Waals surface area contributed by atoms with Gasteiger partial charge in [-0.3, -0.25) is 4.79 Å². The Labute approximate surface area is 146 Å². The largest absolute Gasteiger partial charge is 0.481 e. The molecular formula is C18H22ClNO2S. The molecule has 0 bridgehead atoms. The van der Waals surface area contributed by atoms with Gasteiger partial charge in [-0.2, -0.15) is 0 Å². The molecule has 3 nitrogen and oxygen atoms in total. The maximum atomic E-state index is 11.8. The van der Waals surface area contributed by atoms with Crippen LogP contribution in [0.2, 0.25) is 5.02 Å². The topological polar surface area (TPSA) is 29.5 Å². The maximum Gasteiger partial charge on any atom is 0.225 e. The number of hydrogen-bond acceptors (Lipinski definition) is 3. The highest BCUT2D eigenvalue weighted by atomic mass is 35.5. The number of rotatable bonds is 8. The van der Waals surface area contributed by atoms with Crippen molar-refractivity contribution in [3.05, 3.63) is 29.3 Å². The monoisotopic (exact) mass is 351 g/mol. The van der Waals surface area contributed by atoms with Crippen LogP contribution in [-0.2, 0) is 4.79 Å². The molecule has 1 atom stereocenters. The number of likely N-dealkylation sites (tertiary alicyclic amines) is 1. The third-order valence-electron chi connectivity index (χ3n) is 4.34. The molecule has 1 fully saturated rings. The van der Waals surface area contributed by atoms with E-state index in [2.05, 4.69) is 6.92 Å². The van der Waals surface area contributed by atoms with Gasteiger partial charge in [0.15, 0.2) is 5.06 Å². The first kappa shape index (κ1) is 16.6. The van der Waals surface area contributed by atoms with Crippen molar-refractivity contribution in [2.75, 3.05) is 13.2 Å². The van der Waals surface area contributed by atoms with Crippen LogP contribution in [0.5, 0.6) is 5.06 Å². The third kappa shape index (κ3) is 3.64. The summed E-state index contributed by atoms with van der Waals surface area (Å²) in [6, 6.07) is 8.24. The number of nitrogens with zero attached hydrogens (tertiary/aromatic N) is 1. The fourth-order valence-electron chi connectivity index (χ4n) is 2.94. The fraction of sp³-hybridized carbons (Fsp3) is 0.500. The van der Waals surface area contributed by atoms with Crippen molar-refractivity contribution >= 4 is 38.9 Å². The molecule has 0 spiro atoms. The number of benzene rings is 1. The number of ether oxygens (including phenoxy) is 1. The van der Waals surface area contributed by atoms with E-state index in [0.29, 0.717) is 18.1 Å². The molecule has 124 valence electrons. The van der Waals surface area contributed by atoms with E-state index in [-0.39, 0.29) is 11.9 Å². The summed E-state index contributed by atoms with van der Waals surface area (Å²) in [5.74, 6) is 0.248. The molecule has 1 aromatic carbocycles. The lowest BCUT2D eigenvalue weighted by Gasteiger charge is -2.40. The average Bonchev–Trinajstić information content (AvgIpc) is 2.87. The van der Waals surface area contributed by atoms with Crippen molar-refractivity contribution < 1.29 is 9.53 Å². The van der Waals surface area contributed by atoms with Crippen molar-refractivity contribution in [3.63, 3.8) is 0 Å². The smallest absolute Gasteiger partial charge is 0.225 e. The second-order valence-electron chi connectivity index (χ2n) is 6.02. The first-order chi connectivity index (χ1) is 11.2. The van der Waals surface area contributed by atoms with Crippen LogP contribution in [0.25, 0.3) is 10.1 Å². The zero-order chi connectivity index (χ0) is 16.2. The Kier molecular flexibility index (Phi) is 5.44. The second-order valence-corrected chi connectivity index (χ2v) is 7.41. The molecule has 1 aliphatic rings. The van der Waals surface area contributed by atoms with Crippen molar-refractivity contribution in [1.29, 1.82) is 0 Å². The Bertz CT molecular complexity index is 685. The van der Waals surface area contributed by atoms with Crippen LogP contribution in [0.1, 0.15) is 39.0 Å². The molecule has 2 aromatic rings. The lowest BCUT2D eigenvalue weighted by Crippen LogP contribution is -2.55. The number of thiophene rings is 1. The van der Waals surface area contributed by atoms with Gasteiger partial charge in [0.1, 0.15) is 11.6 Å². The van der Waals surface area contributed by atoms with Crippen LogP contribution in [0.4, 0.5) is 0 Å². The van der Waals surface area contributed by atoms with E-state index in [9.17, 15) is 4.79 Å². The van der Waals surface area contributed by atoms with Crippen LogP contribution >= 0.6 is 22.9 Å². The first-order valence-corrected chi connectivity index (χ1v) is 9.49. The summed E-state index contributed by atoms with van der Waals surface area (Å²) in [5.41, 5.74) is 0. The molecule has 0 unspecified atom stereocenters. The normalized spacial score (nSPS) is 17.6. The highest BCUT2D eigenvalue weighted by molar-refractivity contribution is 7.21. The molecule has 0 aliphatic carbocycles. The molecule has 5 heteroatoms. The van der Waals surface area contributed by atoms with Crippen molar-refractivity contribution in [3.8, 4) is 5.06 Å². The number of β-lactam (4-membered cyclic amide) rings is 1. The molecule has 1 aliphatic heterocycles. The summed E-state index contributed by atoms with van der Waals surface area (Å²) >= 11 is 7.96. The minimum atomic E-state index is 0.199. The summed E-state index contributed by atoms with van der Waals surface area (Å²) in [6.45, 7) is 3.58. The predicted octanol–water partition coefficient (Wildman–Crippen LogP) is 5.11. The quantitative estimate of drug-likeness (QED) is 0.488. The van der Waals surface area contributed by atoms with Gasteiger partial charge in [0.2, 0.25) is 5.91 Å². The Morgan fingerprint density at radius 3 is 2.87 bits per heavy atom. The summed E-state index contributed by atoms with van der Waals surface area (Å²) < 4.78 is 7.06. The number of carbonyl (C=O) groups excluding carboxylic acids is 1. The van der Waals surface area contributed by atoms with Gasteiger partial charge in [-0.25, -0.2) is 0 Å². The van der Waals surface area contributed by atoms with Crippen LogP contribution in [0, 0.1) is 0 Å². The summed E-state index contributed by atoms with van der Waals surface area (Å²) in [4.78, 5) is 13.7. The fourth-order valence-corrected chi connectivity index (χ4v) is 4.29. The third-order valence-corrected chi connectivity index (χ3v) is 5.91. The number of fused-ring (bicyclic) bond motifs is 1. The minimum absolute atomic E-state index is 0.199. The van der Waals surface area contributed by atoms with Crippen LogP contribution in [0.3, 0.4) is 0 Å². The number of amides is 1. The second kappa shape index (κ2) is 7.54. The van der Waals surface area contributed by atoms with Crippen molar-refractivity contribution in [1.82, 2.24) is 4.90 Å². The van der Waals surface area contributed by atoms with Gasteiger partial charge < -0.3 is 9.64 Å². The van der Waals surface area contributed by atoms with Gasteiger partial charge in [0.25, 0.3) is 0 Å². The Hall–Kier alpha value is -1.26. The van der Waals surface area contributed by atoms with Gasteiger partial charge in [0, 0.05) is 16.6 Å². The molecule has 1 saturated heterocycles. The van der Waals surface area contributed by atoms with Gasteiger partial charge in [-0.1, -0.05) is 67.3 Å². The Morgan fingerprint density at radius 2 is 2.13 bits per heavy atom. The molecule has 3 rings (SSSR count). The lowest BCUT2D eigenvalue weighted by atomic mass is 10.0. The van der Waals surface area contributed by atoms with Gasteiger partial charge in [0.05, 0.1) is 12.5 Å². The average molecular weight is 352 g/mol. The van der Waals surface area contributed by atoms with E-state index in [1.165, 1.54) is 19.3 Å². The van der Waals surface area contributed by atoms with Crippen LogP contribution in [-0.4, -0.2) is 30.0 Å². The van der Waals surface area contributed by atoms with E-state index in [4.69, 9.17) is 16.3 Å². The minimum Gasteiger partial charge on any atom is -0.481 e. The highest BCUT2D eigenvalue weighted by Crippen LogP contribution is 2.41. The van der Waals surface area contributed by atoms with Gasteiger partial charge >= 0.3 is 0 Å². The van der Waals surface area contributed by atoms with E-state index in [1.54, 1.807) is 11.3 Å². The molecule has 1 amide bonds. The van der Waals surface area contributed by atoms with Gasteiger partial charge in [-0.15, -0.1) is 0 Å². The highest BCUT2D eigenvalue weighted by Gasteiger charge is 2.36. The molecule has 0 N–H and O–H groups in total. The van der Waals surface area contributed by atoms with E-state index in [1.807, 2.05) is 29.2 Å². The van der Waals surface area contributed by atoms with E-state index >= 15 is 0 Å². The molecule has 23 heavy (non-hydrogen) atoms. The molecule has 0 saturated carbocycles. The van der Waals surface area contributed by atoms with Crippen molar-refractivity contribution in [2.45, 2.75) is 45.1 Å². The molecule has 1 aromatic heterocycles.